The number of para-hydroxylation sites is 1. The van der Waals surface area contributed by atoms with Crippen molar-refractivity contribution in [1.82, 2.24) is 0 Å². The van der Waals surface area contributed by atoms with Crippen LogP contribution in [0.3, 0.4) is 0 Å². The highest BCUT2D eigenvalue weighted by Crippen LogP contribution is 2.46. The molecule has 0 spiro atoms. The number of rotatable bonds is 5. The molecular formula is C50H33N. The van der Waals surface area contributed by atoms with Gasteiger partial charge in [0.15, 0.2) is 0 Å². The number of fused-ring (bicyclic) bond motifs is 8. The normalized spacial score (nSPS) is 11.5. The number of hydrogen-bond donors (Lipinski definition) is 0. The minimum absolute atomic E-state index is 1.12. The van der Waals surface area contributed by atoms with Gasteiger partial charge in [0.2, 0.25) is 0 Å². The van der Waals surface area contributed by atoms with E-state index in [1.807, 2.05) is 0 Å². The summed E-state index contributed by atoms with van der Waals surface area (Å²) in [4.78, 5) is 2.46. The highest BCUT2D eigenvalue weighted by atomic mass is 15.1. The van der Waals surface area contributed by atoms with E-state index in [9.17, 15) is 0 Å². The average molecular weight is 648 g/mol. The largest absolute Gasteiger partial charge is 0.309 e. The molecule has 0 N–H and O–H groups in total. The molecule has 0 heterocycles. The van der Waals surface area contributed by atoms with Crippen LogP contribution < -0.4 is 4.90 Å². The molecule has 1 nitrogen and oxygen atoms in total. The molecule has 10 aromatic carbocycles. The summed E-state index contributed by atoms with van der Waals surface area (Å²) in [6.07, 6.45) is 0. The van der Waals surface area contributed by atoms with Crippen molar-refractivity contribution in [3.05, 3.63) is 200 Å². The summed E-state index contributed by atoms with van der Waals surface area (Å²) in [7, 11) is 0. The Morgan fingerprint density at radius 1 is 0.275 bits per heavy atom. The van der Waals surface area contributed by atoms with Crippen molar-refractivity contribution < 1.29 is 0 Å². The second kappa shape index (κ2) is 12.0. The number of anilines is 3. The van der Waals surface area contributed by atoms with Crippen LogP contribution >= 0.6 is 0 Å². The molecule has 0 atom stereocenters. The minimum atomic E-state index is 1.12. The molecule has 1 heteroatoms. The van der Waals surface area contributed by atoms with Crippen LogP contribution in [0.2, 0.25) is 0 Å². The summed E-state index contributed by atoms with van der Waals surface area (Å²) in [5, 5.41) is 12.6. The molecule has 0 fully saturated rings. The van der Waals surface area contributed by atoms with Crippen LogP contribution in [0.1, 0.15) is 0 Å². The molecule has 0 saturated heterocycles. The van der Waals surface area contributed by atoms with Crippen molar-refractivity contribution >= 4 is 70.9 Å². The van der Waals surface area contributed by atoms with E-state index in [-0.39, 0.29) is 0 Å². The van der Waals surface area contributed by atoms with E-state index in [2.05, 4.69) is 205 Å². The van der Waals surface area contributed by atoms with Gasteiger partial charge in [-0.05, 0) is 89.4 Å². The van der Waals surface area contributed by atoms with Crippen molar-refractivity contribution in [3.8, 4) is 22.3 Å². The molecule has 0 aliphatic carbocycles. The summed E-state index contributed by atoms with van der Waals surface area (Å²) in [5.74, 6) is 0. The fourth-order valence-electron chi connectivity index (χ4n) is 8.06. The van der Waals surface area contributed by atoms with Gasteiger partial charge in [0.05, 0.1) is 11.4 Å². The van der Waals surface area contributed by atoms with E-state index in [0.717, 1.165) is 17.1 Å². The predicted octanol–water partition coefficient (Wildman–Crippen LogP) is 14.3. The van der Waals surface area contributed by atoms with Gasteiger partial charge in [-0.2, -0.15) is 0 Å². The van der Waals surface area contributed by atoms with E-state index in [0.29, 0.717) is 0 Å². The quantitative estimate of drug-likeness (QED) is 0.168. The van der Waals surface area contributed by atoms with Gasteiger partial charge in [0.25, 0.3) is 0 Å². The maximum atomic E-state index is 2.46. The fraction of sp³-hybridized carbons (Fsp3) is 0. The van der Waals surface area contributed by atoms with Gasteiger partial charge in [-0.1, -0.05) is 176 Å². The van der Waals surface area contributed by atoms with E-state index >= 15 is 0 Å². The zero-order chi connectivity index (χ0) is 33.7. The Labute approximate surface area is 297 Å². The number of benzene rings is 10. The molecule has 238 valence electrons. The molecule has 0 saturated carbocycles. The first-order valence-electron chi connectivity index (χ1n) is 17.6. The third kappa shape index (κ3) is 4.86. The summed E-state index contributed by atoms with van der Waals surface area (Å²) < 4.78 is 0. The monoisotopic (exact) mass is 647 g/mol. The highest BCUT2D eigenvalue weighted by Gasteiger charge is 2.21. The molecule has 0 aromatic heterocycles. The molecule has 51 heavy (non-hydrogen) atoms. The van der Waals surface area contributed by atoms with E-state index < -0.39 is 0 Å². The maximum Gasteiger partial charge on any atom is 0.0540 e. The minimum Gasteiger partial charge on any atom is -0.309 e. The smallest absolute Gasteiger partial charge is 0.0540 e. The molecule has 0 radical (unpaired) electrons. The van der Waals surface area contributed by atoms with Crippen LogP contribution in [0.5, 0.6) is 0 Å². The van der Waals surface area contributed by atoms with Gasteiger partial charge in [-0.3, -0.25) is 0 Å². The van der Waals surface area contributed by atoms with Crippen LogP contribution in [0, 0.1) is 0 Å². The van der Waals surface area contributed by atoms with Crippen LogP contribution in [0.4, 0.5) is 17.1 Å². The van der Waals surface area contributed by atoms with Crippen LogP contribution in [-0.4, -0.2) is 0 Å². The number of nitrogens with zero attached hydrogens (tertiary/aromatic N) is 1. The second-order valence-corrected chi connectivity index (χ2v) is 13.3. The summed E-state index contributed by atoms with van der Waals surface area (Å²) >= 11 is 0. The first-order chi connectivity index (χ1) is 25.3. The predicted molar refractivity (Wildman–Crippen MR) is 220 cm³/mol. The Balaban J connectivity index is 1.26. The lowest BCUT2D eigenvalue weighted by Crippen LogP contribution is -2.12. The Kier molecular flexibility index (Phi) is 6.89. The molecule has 0 aliphatic heterocycles. The lowest BCUT2D eigenvalue weighted by Gasteiger charge is -2.30. The van der Waals surface area contributed by atoms with Gasteiger partial charge in [0.1, 0.15) is 0 Å². The standard InChI is InChI=1S/C50H33N/c1-3-13-34(14-4-1)41-31-32-48(46-21-10-9-20-45(41)46)51(47-22-12-11-18-42(47)35-15-5-2-6-16-35)40-29-30-44-39(33-40)28-27-38-26-25-37-24-23-36-17-7-8-19-43(36)49(37)50(38)44/h1-33H. The third-order valence-electron chi connectivity index (χ3n) is 10.4. The Morgan fingerprint density at radius 2 is 0.804 bits per heavy atom. The van der Waals surface area contributed by atoms with Gasteiger partial charge < -0.3 is 4.90 Å². The summed E-state index contributed by atoms with van der Waals surface area (Å²) in [6.45, 7) is 0. The molecule has 0 bridgehead atoms. The lowest BCUT2D eigenvalue weighted by molar-refractivity contribution is 1.30. The van der Waals surface area contributed by atoms with Gasteiger partial charge in [0, 0.05) is 16.6 Å². The lowest BCUT2D eigenvalue weighted by atomic mass is 9.92. The fourth-order valence-corrected chi connectivity index (χ4v) is 8.06. The van der Waals surface area contributed by atoms with E-state index in [1.54, 1.807) is 0 Å². The summed E-state index contributed by atoms with van der Waals surface area (Å²) in [5.41, 5.74) is 8.22. The zero-order valence-electron chi connectivity index (χ0n) is 28.0. The molecular weight excluding hydrogens is 615 g/mol. The van der Waals surface area contributed by atoms with Crippen molar-refractivity contribution in [2.24, 2.45) is 0 Å². The average Bonchev–Trinajstić information content (AvgIpc) is 3.21. The van der Waals surface area contributed by atoms with Crippen molar-refractivity contribution in [2.75, 3.05) is 4.90 Å². The maximum absolute atomic E-state index is 2.46. The van der Waals surface area contributed by atoms with Crippen molar-refractivity contribution in [2.45, 2.75) is 0 Å². The zero-order valence-corrected chi connectivity index (χ0v) is 28.0. The molecule has 0 unspecified atom stereocenters. The van der Waals surface area contributed by atoms with Gasteiger partial charge in [-0.25, -0.2) is 0 Å². The Morgan fingerprint density at radius 3 is 1.53 bits per heavy atom. The summed E-state index contributed by atoms with van der Waals surface area (Å²) in [6, 6.07) is 73.0. The molecule has 0 amide bonds. The van der Waals surface area contributed by atoms with Crippen LogP contribution in [-0.2, 0) is 0 Å². The Bertz CT molecular complexity index is 2900. The SMILES string of the molecule is c1ccc(-c2ccccc2N(c2ccc3c(ccc4ccc5ccc6ccccc6c5c43)c2)c2ccc(-c3ccccc3)c3ccccc23)cc1. The van der Waals surface area contributed by atoms with E-state index in [1.165, 1.54) is 76.1 Å². The van der Waals surface area contributed by atoms with Gasteiger partial charge in [-0.15, -0.1) is 0 Å². The van der Waals surface area contributed by atoms with Crippen molar-refractivity contribution in [3.63, 3.8) is 0 Å². The third-order valence-corrected chi connectivity index (χ3v) is 10.4. The molecule has 10 aromatic rings. The second-order valence-electron chi connectivity index (χ2n) is 13.3. The van der Waals surface area contributed by atoms with E-state index in [4.69, 9.17) is 0 Å². The molecule has 0 aliphatic rings. The molecule has 10 rings (SSSR count). The first-order valence-corrected chi connectivity index (χ1v) is 17.6. The first kappa shape index (κ1) is 29.2. The van der Waals surface area contributed by atoms with Crippen molar-refractivity contribution in [1.29, 1.82) is 0 Å². The van der Waals surface area contributed by atoms with Crippen LogP contribution in [0.25, 0.3) is 76.1 Å². The highest BCUT2D eigenvalue weighted by molar-refractivity contribution is 6.27. The Hall–Kier alpha value is -6.70. The van der Waals surface area contributed by atoms with Crippen LogP contribution in [0.15, 0.2) is 200 Å². The number of hydrogen-bond acceptors (Lipinski definition) is 1. The topological polar surface area (TPSA) is 3.24 Å². The van der Waals surface area contributed by atoms with Gasteiger partial charge >= 0.3 is 0 Å².